The quantitative estimate of drug-likeness (QED) is 0.256. The number of anilines is 1. The fourth-order valence-electron chi connectivity index (χ4n) is 4.60. The molecule has 3 aromatic rings. The molecule has 0 aliphatic heterocycles. The van der Waals surface area contributed by atoms with E-state index in [-0.39, 0.29) is 43.8 Å². The highest BCUT2D eigenvalue weighted by Gasteiger charge is 2.31. The Hall–Kier alpha value is -3.36. The molecular formula is C32H40ClN3O4S. The SMILES string of the molecule is CC[C@@H](C)NC(=O)[C@@H](Cc1ccccc1)N(Cc1ccccc1C)C(=O)CCCN(c1cccc(Cl)c1)S(C)(=O)=O. The van der Waals surface area contributed by atoms with Crippen LogP contribution in [0.4, 0.5) is 5.69 Å². The lowest BCUT2D eigenvalue weighted by molar-refractivity contribution is -0.141. The lowest BCUT2D eigenvalue weighted by atomic mass is 10.0. The third kappa shape index (κ3) is 9.61. The Morgan fingerprint density at radius 1 is 0.976 bits per heavy atom. The predicted octanol–water partition coefficient (Wildman–Crippen LogP) is 5.75. The number of carbonyl (C=O) groups is 2. The number of amides is 2. The summed E-state index contributed by atoms with van der Waals surface area (Å²) in [7, 11) is -3.61. The van der Waals surface area contributed by atoms with Crippen LogP contribution in [0.1, 0.15) is 49.8 Å². The van der Waals surface area contributed by atoms with E-state index in [0.717, 1.165) is 29.4 Å². The number of nitrogens with one attached hydrogen (secondary N) is 1. The van der Waals surface area contributed by atoms with E-state index in [1.165, 1.54) is 4.31 Å². The zero-order valence-corrected chi connectivity index (χ0v) is 25.8. The Morgan fingerprint density at radius 3 is 2.29 bits per heavy atom. The molecule has 1 N–H and O–H groups in total. The minimum Gasteiger partial charge on any atom is -0.352 e. The molecule has 9 heteroatoms. The molecule has 3 rings (SSSR count). The molecule has 41 heavy (non-hydrogen) atoms. The molecule has 0 bridgehead atoms. The molecule has 0 heterocycles. The van der Waals surface area contributed by atoms with Crippen LogP contribution in [0, 0.1) is 6.92 Å². The average Bonchev–Trinajstić information content (AvgIpc) is 2.93. The van der Waals surface area contributed by atoms with Gasteiger partial charge in [0.05, 0.1) is 11.9 Å². The first-order chi connectivity index (χ1) is 19.5. The Balaban J connectivity index is 1.90. The van der Waals surface area contributed by atoms with Gasteiger partial charge in [-0.05, 0) is 61.6 Å². The Kier molecular flexibility index (Phi) is 11.8. The predicted molar refractivity (Wildman–Crippen MR) is 166 cm³/mol. The first-order valence-corrected chi connectivity index (χ1v) is 16.1. The van der Waals surface area contributed by atoms with E-state index in [9.17, 15) is 18.0 Å². The van der Waals surface area contributed by atoms with Crippen LogP contribution < -0.4 is 9.62 Å². The molecule has 0 aliphatic rings. The highest BCUT2D eigenvalue weighted by molar-refractivity contribution is 7.92. The number of rotatable bonds is 14. The molecule has 0 aliphatic carbocycles. The van der Waals surface area contributed by atoms with E-state index in [0.29, 0.717) is 17.1 Å². The number of nitrogens with zero attached hydrogens (tertiary/aromatic N) is 2. The van der Waals surface area contributed by atoms with Crippen LogP contribution in [0.5, 0.6) is 0 Å². The zero-order valence-electron chi connectivity index (χ0n) is 24.2. The first-order valence-electron chi connectivity index (χ1n) is 13.9. The van der Waals surface area contributed by atoms with Gasteiger partial charge in [-0.1, -0.05) is 79.2 Å². The van der Waals surface area contributed by atoms with Gasteiger partial charge in [0.2, 0.25) is 21.8 Å². The molecule has 3 aromatic carbocycles. The minimum atomic E-state index is -3.61. The van der Waals surface area contributed by atoms with Crippen molar-refractivity contribution in [2.75, 3.05) is 17.1 Å². The molecule has 0 saturated carbocycles. The van der Waals surface area contributed by atoms with Crippen molar-refractivity contribution in [3.63, 3.8) is 0 Å². The molecule has 0 aromatic heterocycles. The second-order valence-corrected chi connectivity index (χ2v) is 12.7. The van der Waals surface area contributed by atoms with Crippen LogP contribution in [0.3, 0.4) is 0 Å². The topological polar surface area (TPSA) is 86.8 Å². The minimum absolute atomic E-state index is 0.0443. The highest BCUT2D eigenvalue weighted by atomic mass is 35.5. The van der Waals surface area contributed by atoms with Crippen molar-refractivity contribution in [3.05, 3.63) is 101 Å². The highest BCUT2D eigenvalue weighted by Crippen LogP contribution is 2.23. The van der Waals surface area contributed by atoms with E-state index in [4.69, 9.17) is 11.6 Å². The van der Waals surface area contributed by atoms with E-state index < -0.39 is 16.1 Å². The van der Waals surface area contributed by atoms with Crippen LogP contribution >= 0.6 is 11.6 Å². The molecule has 0 fully saturated rings. The number of benzene rings is 3. The molecular weight excluding hydrogens is 558 g/mol. The summed E-state index contributed by atoms with van der Waals surface area (Å²) in [6, 6.07) is 23.3. The Labute approximate surface area is 249 Å². The number of hydrogen-bond acceptors (Lipinski definition) is 4. The van der Waals surface area contributed by atoms with Gasteiger partial charge in [0.1, 0.15) is 6.04 Å². The summed E-state index contributed by atoms with van der Waals surface area (Å²) in [4.78, 5) is 29.2. The lowest BCUT2D eigenvalue weighted by Gasteiger charge is -2.33. The average molecular weight is 598 g/mol. The van der Waals surface area contributed by atoms with Crippen molar-refractivity contribution in [2.24, 2.45) is 0 Å². The smallest absolute Gasteiger partial charge is 0.243 e. The van der Waals surface area contributed by atoms with Gasteiger partial charge in [-0.25, -0.2) is 8.42 Å². The van der Waals surface area contributed by atoms with Gasteiger partial charge >= 0.3 is 0 Å². The molecule has 7 nitrogen and oxygen atoms in total. The van der Waals surface area contributed by atoms with Gasteiger partial charge < -0.3 is 10.2 Å². The molecule has 0 spiro atoms. The van der Waals surface area contributed by atoms with E-state index in [1.54, 1.807) is 29.2 Å². The monoisotopic (exact) mass is 597 g/mol. The van der Waals surface area contributed by atoms with Crippen molar-refractivity contribution in [1.29, 1.82) is 0 Å². The summed E-state index contributed by atoms with van der Waals surface area (Å²) < 4.78 is 26.5. The van der Waals surface area contributed by atoms with E-state index >= 15 is 0 Å². The summed E-state index contributed by atoms with van der Waals surface area (Å²) in [5.41, 5.74) is 3.37. The molecule has 0 radical (unpaired) electrons. The summed E-state index contributed by atoms with van der Waals surface area (Å²) in [5, 5.41) is 3.50. The van der Waals surface area contributed by atoms with Gasteiger partial charge in [0.25, 0.3) is 0 Å². The van der Waals surface area contributed by atoms with Crippen LogP contribution in [0.2, 0.25) is 5.02 Å². The lowest BCUT2D eigenvalue weighted by Crippen LogP contribution is -2.52. The van der Waals surface area contributed by atoms with Crippen LogP contribution in [-0.4, -0.2) is 50.0 Å². The molecule has 220 valence electrons. The van der Waals surface area contributed by atoms with Crippen molar-refractivity contribution >= 4 is 39.1 Å². The number of sulfonamides is 1. The van der Waals surface area contributed by atoms with Crippen LogP contribution in [-0.2, 0) is 32.6 Å². The second kappa shape index (κ2) is 15.0. The van der Waals surface area contributed by atoms with Gasteiger partial charge in [-0.3, -0.25) is 13.9 Å². The number of carbonyl (C=O) groups excluding carboxylic acids is 2. The van der Waals surface area contributed by atoms with Crippen molar-refractivity contribution < 1.29 is 18.0 Å². The van der Waals surface area contributed by atoms with Gasteiger partial charge in [-0.2, -0.15) is 0 Å². The third-order valence-corrected chi connectivity index (χ3v) is 8.55. The maximum absolute atomic E-state index is 13.9. The summed E-state index contributed by atoms with van der Waals surface area (Å²) in [6.07, 6.45) is 2.60. The number of halogens is 1. The normalized spacial score (nSPS) is 12.8. The van der Waals surface area contributed by atoms with Gasteiger partial charge in [-0.15, -0.1) is 0 Å². The fraction of sp³-hybridized carbons (Fsp3) is 0.375. The molecule has 2 atom stereocenters. The molecule has 0 unspecified atom stereocenters. The molecule has 0 saturated heterocycles. The largest absolute Gasteiger partial charge is 0.352 e. The van der Waals surface area contributed by atoms with Crippen molar-refractivity contribution in [1.82, 2.24) is 10.2 Å². The maximum Gasteiger partial charge on any atom is 0.243 e. The standard InChI is InChI=1S/C32H40ClN3O4S/c1-5-25(3)34-32(38)30(21-26-14-7-6-8-15-26)35(23-27-16-10-9-13-24(27)2)31(37)19-12-20-36(41(4,39)40)29-18-11-17-28(33)22-29/h6-11,13-18,22,25,30H,5,12,19-21,23H2,1-4H3,(H,34,38)/t25-,30-/m1/s1. The van der Waals surface area contributed by atoms with Crippen molar-refractivity contribution in [3.8, 4) is 0 Å². The van der Waals surface area contributed by atoms with E-state index in [2.05, 4.69) is 5.32 Å². The first kappa shape index (κ1) is 32.2. The fourth-order valence-corrected chi connectivity index (χ4v) is 5.74. The van der Waals surface area contributed by atoms with Crippen molar-refractivity contribution in [2.45, 2.75) is 65.1 Å². The summed E-state index contributed by atoms with van der Waals surface area (Å²) in [5.74, 6) is -0.421. The summed E-state index contributed by atoms with van der Waals surface area (Å²) >= 11 is 6.11. The number of aryl methyl sites for hydroxylation is 1. The van der Waals surface area contributed by atoms with Gasteiger partial charge in [0.15, 0.2) is 0 Å². The van der Waals surface area contributed by atoms with E-state index in [1.807, 2.05) is 75.4 Å². The van der Waals surface area contributed by atoms with Crippen LogP contribution in [0.15, 0.2) is 78.9 Å². The third-order valence-electron chi connectivity index (χ3n) is 7.12. The molecule has 2 amide bonds. The zero-order chi connectivity index (χ0) is 30.0. The Bertz CT molecular complexity index is 1420. The Morgan fingerprint density at radius 2 is 1.66 bits per heavy atom. The van der Waals surface area contributed by atoms with Gasteiger partial charge in [0, 0.05) is 37.0 Å². The second-order valence-electron chi connectivity index (χ2n) is 10.4. The maximum atomic E-state index is 13.9. The number of hydrogen-bond donors (Lipinski definition) is 1. The van der Waals surface area contributed by atoms with Crippen LogP contribution in [0.25, 0.3) is 0 Å². The summed E-state index contributed by atoms with van der Waals surface area (Å²) in [6.45, 7) is 6.30.